The summed E-state index contributed by atoms with van der Waals surface area (Å²) in [5.74, 6) is -1.32. The molecule has 14 heavy (non-hydrogen) atoms. The number of carbonyl (C=O) groups is 1. The first-order valence-corrected chi connectivity index (χ1v) is 4.36. The van der Waals surface area contributed by atoms with Gasteiger partial charge in [-0.05, 0) is 15.9 Å². The maximum Gasteiger partial charge on any atom is 0.354 e. The molecule has 0 bridgehead atoms. The van der Waals surface area contributed by atoms with Gasteiger partial charge in [-0.15, -0.1) is 0 Å². The molecule has 0 radical (unpaired) electrons. The van der Waals surface area contributed by atoms with Gasteiger partial charge in [0.2, 0.25) is 0 Å². The van der Waals surface area contributed by atoms with Crippen molar-refractivity contribution in [3.05, 3.63) is 31.0 Å². The van der Waals surface area contributed by atoms with Crippen LogP contribution in [-0.4, -0.2) is 20.2 Å². The summed E-state index contributed by atoms with van der Waals surface area (Å²) in [5.41, 5.74) is -1.68. The van der Waals surface area contributed by atoms with Crippen LogP contribution in [0.5, 0.6) is 0 Å². The molecule has 0 spiro atoms. The Morgan fingerprint density at radius 2 is 1.79 bits per heavy atom. The van der Waals surface area contributed by atoms with Gasteiger partial charge in [-0.1, -0.05) is 0 Å². The summed E-state index contributed by atoms with van der Waals surface area (Å²) in [7, 11) is 2.57. The fourth-order valence-corrected chi connectivity index (χ4v) is 1.74. The van der Waals surface area contributed by atoms with E-state index in [0.717, 1.165) is 9.13 Å². The van der Waals surface area contributed by atoms with E-state index in [2.05, 4.69) is 15.9 Å². The molecule has 0 amide bonds. The van der Waals surface area contributed by atoms with Crippen molar-refractivity contribution in [2.45, 2.75) is 0 Å². The molecule has 0 saturated carbocycles. The Hall–Kier alpha value is -1.37. The number of aromatic carboxylic acids is 1. The number of nitrogens with zero attached hydrogens (tertiary/aromatic N) is 2. The maximum absolute atomic E-state index is 11.3. The first-order chi connectivity index (χ1) is 6.37. The van der Waals surface area contributed by atoms with Gasteiger partial charge < -0.3 is 5.11 Å². The summed E-state index contributed by atoms with van der Waals surface area (Å²) < 4.78 is 1.60. The number of hydrogen-bond donors (Lipinski definition) is 1. The predicted molar refractivity (Wildman–Crippen MR) is 51.6 cm³/mol. The van der Waals surface area contributed by atoms with E-state index in [4.69, 9.17) is 5.11 Å². The van der Waals surface area contributed by atoms with E-state index in [-0.39, 0.29) is 10.2 Å². The summed E-state index contributed by atoms with van der Waals surface area (Å²) in [5, 5.41) is 8.75. The van der Waals surface area contributed by atoms with Gasteiger partial charge in [0.15, 0.2) is 5.69 Å². The lowest BCUT2D eigenvalue weighted by atomic mass is 10.4. The number of hydrogen-bond acceptors (Lipinski definition) is 3. The number of carboxylic acids is 1. The Bertz CT molecular complexity index is 476. The fraction of sp³-hybridized carbons (Fsp3) is 0.286. The van der Waals surface area contributed by atoms with Crippen LogP contribution in [0, 0.1) is 0 Å². The average Bonchev–Trinajstić information content (AvgIpc) is 2.11. The summed E-state index contributed by atoms with van der Waals surface area (Å²) >= 11 is 2.84. The molecule has 0 aliphatic heterocycles. The zero-order valence-corrected chi connectivity index (χ0v) is 9.03. The summed E-state index contributed by atoms with van der Waals surface area (Å²) in [6.45, 7) is 0. The summed E-state index contributed by atoms with van der Waals surface area (Å²) in [6.07, 6.45) is 0. The van der Waals surface area contributed by atoms with E-state index in [9.17, 15) is 14.4 Å². The van der Waals surface area contributed by atoms with Gasteiger partial charge in [0.25, 0.3) is 5.56 Å². The molecule has 1 heterocycles. The zero-order valence-electron chi connectivity index (χ0n) is 7.44. The van der Waals surface area contributed by atoms with E-state index in [0.29, 0.717) is 0 Å². The second kappa shape index (κ2) is 3.41. The molecule has 1 rings (SSSR count). The van der Waals surface area contributed by atoms with Crippen LogP contribution in [0.1, 0.15) is 10.5 Å². The minimum Gasteiger partial charge on any atom is -0.477 e. The van der Waals surface area contributed by atoms with Crippen LogP contribution in [0.25, 0.3) is 0 Å². The van der Waals surface area contributed by atoms with E-state index >= 15 is 0 Å². The topological polar surface area (TPSA) is 81.3 Å². The van der Waals surface area contributed by atoms with Crippen molar-refractivity contribution < 1.29 is 9.90 Å². The molecular formula is C7H7BrN2O4. The lowest BCUT2D eigenvalue weighted by molar-refractivity contribution is 0.0682. The van der Waals surface area contributed by atoms with Crippen molar-refractivity contribution in [1.82, 2.24) is 9.13 Å². The molecule has 0 aliphatic rings. The molecule has 0 unspecified atom stereocenters. The van der Waals surface area contributed by atoms with Crippen molar-refractivity contribution in [2.24, 2.45) is 14.1 Å². The molecule has 1 aromatic heterocycles. The third-order valence-electron chi connectivity index (χ3n) is 1.81. The molecule has 76 valence electrons. The van der Waals surface area contributed by atoms with Crippen LogP contribution in [0.2, 0.25) is 0 Å². The minimum absolute atomic E-state index is 0.130. The number of rotatable bonds is 1. The molecule has 0 saturated heterocycles. The summed E-state index contributed by atoms with van der Waals surface area (Å²) in [6, 6.07) is 0. The smallest absolute Gasteiger partial charge is 0.354 e. The molecule has 0 atom stereocenters. The lowest BCUT2D eigenvalue weighted by Gasteiger charge is -2.07. The molecule has 0 fully saturated rings. The lowest BCUT2D eigenvalue weighted by Crippen LogP contribution is -2.40. The van der Waals surface area contributed by atoms with Gasteiger partial charge in [0.05, 0.1) is 0 Å². The number of aromatic nitrogens is 2. The molecule has 0 aliphatic carbocycles. The third-order valence-corrected chi connectivity index (χ3v) is 2.53. The molecule has 6 nitrogen and oxygen atoms in total. The van der Waals surface area contributed by atoms with E-state index < -0.39 is 17.2 Å². The fourth-order valence-electron chi connectivity index (χ4n) is 1.04. The predicted octanol–water partition coefficient (Wildman–Crippen LogP) is -0.455. The monoisotopic (exact) mass is 262 g/mol. The van der Waals surface area contributed by atoms with Gasteiger partial charge in [0, 0.05) is 14.1 Å². The van der Waals surface area contributed by atoms with Crippen LogP contribution in [-0.2, 0) is 14.1 Å². The van der Waals surface area contributed by atoms with Gasteiger partial charge in [-0.25, -0.2) is 9.59 Å². The normalized spacial score (nSPS) is 10.2. The average molecular weight is 263 g/mol. The first-order valence-electron chi connectivity index (χ1n) is 3.56. The van der Waals surface area contributed by atoms with Gasteiger partial charge in [-0.2, -0.15) is 0 Å². The van der Waals surface area contributed by atoms with Crippen molar-refractivity contribution in [2.75, 3.05) is 0 Å². The minimum atomic E-state index is -1.32. The van der Waals surface area contributed by atoms with Crippen LogP contribution in [0.15, 0.2) is 14.1 Å². The second-order valence-corrected chi connectivity index (χ2v) is 3.47. The molecule has 7 heteroatoms. The molecule has 1 aromatic rings. The highest BCUT2D eigenvalue weighted by molar-refractivity contribution is 9.10. The van der Waals surface area contributed by atoms with Crippen LogP contribution >= 0.6 is 15.9 Å². The number of halogens is 1. The van der Waals surface area contributed by atoms with Crippen LogP contribution < -0.4 is 11.2 Å². The highest BCUT2D eigenvalue weighted by Crippen LogP contribution is 2.08. The Balaban J connectivity index is 3.88. The molecular weight excluding hydrogens is 256 g/mol. The maximum atomic E-state index is 11.3. The Labute approximate surface area is 86.5 Å². The van der Waals surface area contributed by atoms with Crippen LogP contribution in [0.4, 0.5) is 0 Å². The highest BCUT2D eigenvalue weighted by atomic mass is 79.9. The van der Waals surface area contributed by atoms with Gasteiger partial charge in [-0.3, -0.25) is 13.9 Å². The molecule has 1 N–H and O–H groups in total. The zero-order chi connectivity index (χ0) is 11.0. The first kappa shape index (κ1) is 10.7. The Kier molecular flexibility index (Phi) is 2.61. The SMILES string of the molecule is Cn1c(C(=O)O)c(Br)c(=O)n(C)c1=O. The van der Waals surface area contributed by atoms with E-state index in [1.807, 2.05) is 0 Å². The highest BCUT2D eigenvalue weighted by Gasteiger charge is 2.18. The van der Waals surface area contributed by atoms with Crippen molar-refractivity contribution in [3.8, 4) is 0 Å². The number of carboxylic acid groups (broad SMARTS) is 1. The largest absolute Gasteiger partial charge is 0.477 e. The van der Waals surface area contributed by atoms with Crippen molar-refractivity contribution in [1.29, 1.82) is 0 Å². The third kappa shape index (κ3) is 1.39. The Morgan fingerprint density at radius 3 is 2.21 bits per heavy atom. The van der Waals surface area contributed by atoms with E-state index in [1.165, 1.54) is 14.1 Å². The van der Waals surface area contributed by atoms with Crippen molar-refractivity contribution in [3.63, 3.8) is 0 Å². The summed E-state index contributed by atoms with van der Waals surface area (Å²) in [4.78, 5) is 33.3. The van der Waals surface area contributed by atoms with E-state index in [1.54, 1.807) is 0 Å². The Morgan fingerprint density at radius 1 is 1.29 bits per heavy atom. The second-order valence-electron chi connectivity index (χ2n) is 2.67. The molecule has 0 aromatic carbocycles. The van der Waals surface area contributed by atoms with Gasteiger partial charge in [0.1, 0.15) is 4.47 Å². The van der Waals surface area contributed by atoms with Crippen LogP contribution in [0.3, 0.4) is 0 Å². The standard InChI is InChI=1S/C7H7BrN2O4/c1-9-4(6(12)13)3(8)5(11)10(2)7(9)14/h1-2H3,(H,12,13). The van der Waals surface area contributed by atoms with Gasteiger partial charge >= 0.3 is 11.7 Å². The quantitative estimate of drug-likeness (QED) is 0.743. The van der Waals surface area contributed by atoms with Crippen molar-refractivity contribution >= 4 is 21.9 Å².